The highest BCUT2D eigenvalue weighted by Crippen LogP contribution is 2.38. The van der Waals surface area contributed by atoms with Crippen molar-refractivity contribution in [2.45, 2.75) is 50.7 Å². The third-order valence-corrected chi connectivity index (χ3v) is 5.82. The van der Waals surface area contributed by atoms with Crippen molar-refractivity contribution in [3.8, 4) is 5.75 Å². The lowest BCUT2D eigenvalue weighted by molar-refractivity contribution is -0.185. The van der Waals surface area contributed by atoms with Crippen molar-refractivity contribution < 1.29 is 17.9 Å². The first-order valence-electron chi connectivity index (χ1n) is 8.97. The first-order valence-corrected chi connectivity index (χ1v) is 9.68. The Kier molecular flexibility index (Phi) is 5.75. The van der Waals surface area contributed by atoms with E-state index in [9.17, 15) is 13.2 Å². The average Bonchev–Trinajstić information content (AvgIpc) is 2.65. The van der Waals surface area contributed by atoms with E-state index in [1.165, 1.54) is 24.3 Å². The summed E-state index contributed by atoms with van der Waals surface area (Å²) in [5.41, 5.74) is 1.26. The fourth-order valence-electron chi connectivity index (χ4n) is 3.49. The van der Waals surface area contributed by atoms with E-state index in [1.807, 2.05) is 0 Å². The maximum Gasteiger partial charge on any atom is 0.426 e. The topological polar surface area (TPSA) is 9.23 Å². The fourth-order valence-corrected chi connectivity index (χ4v) is 3.90. The van der Waals surface area contributed by atoms with Gasteiger partial charge >= 0.3 is 6.11 Å². The molecule has 1 nitrogen and oxygen atoms in total. The smallest absolute Gasteiger partial charge is 0.426 e. The minimum Gasteiger partial charge on any atom is -0.429 e. The van der Waals surface area contributed by atoms with Crippen LogP contribution in [0.3, 0.4) is 0 Å². The van der Waals surface area contributed by atoms with E-state index < -0.39 is 11.9 Å². The molecule has 137 valence electrons. The molecule has 1 saturated carbocycles. The SMILES string of the molecule is Cc1ccc(OC(F)(F)c2ccc(C3CCC(C[Si])CC3)cc2)cc1F. The average molecular weight is 375 g/mol. The standard InChI is InChI=1S/C21H22F3OSi/c1-14-2-11-19(12-20(14)22)25-21(23,24)18-9-7-17(8-10-18)16-5-3-15(13-26)4-6-16/h2,7-12,15-16H,3-6,13H2,1H3. The molecule has 3 rings (SSSR count). The van der Waals surface area contributed by atoms with Gasteiger partial charge in [-0.25, -0.2) is 4.39 Å². The molecule has 1 fully saturated rings. The molecule has 2 aromatic rings. The molecule has 1 aliphatic carbocycles. The minimum absolute atomic E-state index is 0.185. The first-order chi connectivity index (χ1) is 12.4. The van der Waals surface area contributed by atoms with Crippen LogP contribution in [-0.4, -0.2) is 10.2 Å². The van der Waals surface area contributed by atoms with Crippen LogP contribution < -0.4 is 4.74 Å². The van der Waals surface area contributed by atoms with E-state index in [1.54, 1.807) is 19.1 Å². The van der Waals surface area contributed by atoms with Crippen LogP contribution in [0.2, 0.25) is 6.04 Å². The van der Waals surface area contributed by atoms with Gasteiger partial charge in [0.05, 0.1) is 5.56 Å². The third-order valence-electron chi connectivity index (χ3n) is 5.24. The molecule has 0 aromatic heterocycles. The second-order valence-electron chi connectivity index (χ2n) is 7.07. The molecule has 26 heavy (non-hydrogen) atoms. The van der Waals surface area contributed by atoms with Crippen molar-refractivity contribution in [1.82, 2.24) is 0 Å². The quantitative estimate of drug-likeness (QED) is 0.572. The summed E-state index contributed by atoms with van der Waals surface area (Å²) in [7, 11) is 3.58. The van der Waals surface area contributed by atoms with Gasteiger partial charge in [-0.05, 0) is 60.9 Å². The van der Waals surface area contributed by atoms with E-state index >= 15 is 0 Å². The Morgan fingerprint density at radius 1 is 1.04 bits per heavy atom. The molecule has 0 saturated heterocycles. The largest absolute Gasteiger partial charge is 0.429 e. The molecule has 0 spiro atoms. The summed E-state index contributed by atoms with van der Waals surface area (Å²) in [6.45, 7) is 1.57. The molecule has 1 aliphatic rings. The molecular weight excluding hydrogens is 353 g/mol. The molecule has 0 atom stereocenters. The molecule has 2 aromatic carbocycles. The fraction of sp³-hybridized carbons (Fsp3) is 0.429. The van der Waals surface area contributed by atoms with Gasteiger partial charge in [0.2, 0.25) is 0 Å². The van der Waals surface area contributed by atoms with Crippen LogP contribution in [0.25, 0.3) is 0 Å². The van der Waals surface area contributed by atoms with Crippen molar-refractivity contribution in [1.29, 1.82) is 0 Å². The van der Waals surface area contributed by atoms with E-state index in [0.717, 1.165) is 49.3 Å². The van der Waals surface area contributed by atoms with E-state index in [4.69, 9.17) is 4.74 Å². The molecule has 0 amide bonds. The van der Waals surface area contributed by atoms with Crippen LogP contribution in [-0.2, 0) is 6.11 Å². The zero-order valence-electron chi connectivity index (χ0n) is 14.8. The highest BCUT2D eigenvalue weighted by molar-refractivity contribution is 6.08. The Labute approximate surface area is 156 Å². The maximum absolute atomic E-state index is 14.4. The van der Waals surface area contributed by atoms with Gasteiger partial charge < -0.3 is 4.74 Å². The molecule has 0 bridgehead atoms. The second kappa shape index (κ2) is 7.87. The summed E-state index contributed by atoms with van der Waals surface area (Å²) >= 11 is 0. The van der Waals surface area contributed by atoms with Crippen LogP contribution >= 0.6 is 0 Å². The molecule has 5 heteroatoms. The summed E-state index contributed by atoms with van der Waals surface area (Å²) in [4.78, 5) is 0. The van der Waals surface area contributed by atoms with Crippen molar-refractivity contribution in [3.63, 3.8) is 0 Å². The van der Waals surface area contributed by atoms with E-state index in [-0.39, 0.29) is 11.3 Å². The van der Waals surface area contributed by atoms with Gasteiger partial charge in [-0.1, -0.05) is 37.1 Å². The van der Waals surface area contributed by atoms with Gasteiger partial charge in [-0.3, -0.25) is 0 Å². The lowest BCUT2D eigenvalue weighted by Gasteiger charge is -2.28. The van der Waals surface area contributed by atoms with Crippen molar-refractivity contribution in [3.05, 3.63) is 65.0 Å². The van der Waals surface area contributed by atoms with Gasteiger partial charge in [-0.15, -0.1) is 0 Å². The van der Waals surface area contributed by atoms with Crippen LogP contribution in [0.4, 0.5) is 13.2 Å². The Morgan fingerprint density at radius 2 is 1.69 bits per heavy atom. The van der Waals surface area contributed by atoms with Gasteiger partial charge in [0, 0.05) is 16.3 Å². The normalized spacial score (nSPS) is 20.8. The van der Waals surface area contributed by atoms with E-state index in [2.05, 4.69) is 10.2 Å². The van der Waals surface area contributed by atoms with Gasteiger partial charge in [0.25, 0.3) is 0 Å². The van der Waals surface area contributed by atoms with Crippen molar-refractivity contribution >= 4 is 10.2 Å². The zero-order valence-corrected chi connectivity index (χ0v) is 15.8. The molecule has 0 unspecified atom stereocenters. The predicted octanol–water partition coefficient (Wildman–Crippen LogP) is 6.12. The number of hydrogen-bond donors (Lipinski definition) is 0. The van der Waals surface area contributed by atoms with Crippen LogP contribution in [0.15, 0.2) is 42.5 Å². The maximum atomic E-state index is 14.4. The number of ether oxygens (including phenoxy) is 1. The summed E-state index contributed by atoms with van der Waals surface area (Å²) in [6, 6.07) is 11.1. The minimum atomic E-state index is -3.51. The Balaban J connectivity index is 1.69. The number of benzene rings is 2. The predicted molar refractivity (Wildman–Crippen MR) is 97.4 cm³/mol. The number of aryl methyl sites for hydroxylation is 1. The first kappa shape index (κ1) is 19.0. The van der Waals surface area contributed by atoms with Crippen molar-refractivity contribution in [2.24, 2.45) is 5.92 Å². The monoisotopic (exact) mass is 375 g/mol. The Morgan fingerprint density at radius 3 is 2.27 bits per heavy atom. The molecule has 0 N–H and O–H groups in total. The van der Waals surface area contributed by atoms with Gasteiger partial charge in [0.15, 0.2) is 0 Å². The highest BCUT2D eigenvalue weighted by Gasteiger charge is 2.35. The van der Waals surface area contributed by atoms with Crippen molar-refractivity contribution in [2.75, 3.05) is 0 Å². The number of halogens is 3. The Hall–Kier alpha value is -1.75. The number of alkyl halides is 2. The second-order valence-corrected chi connectivity index (χ2v) is 7.48. The Bertz CT molecular complexity index is 737. The number of hydrogen-bond acceptors (Lipinski definition) is 1. The molecule has 0 aliphatic heterocycles. The van der Waals surface area contributed by atoms with E-state index in [0.29, 0.717) is 11.5 Å². The van der Waals surface area contributed by atoms with Gasteiger partial charge in [0.1, 0.15) is 11.6 Å². The zero-order chi connectivity index (χ0) is 18.7. The molecule has 0 heterocycles. The summed E-state index contributed by atoms with van der Waals surface area (Å²) < 4.78 is 47.1. The summed E-state index contributed by atoms with van der Waals surface area (Å²) in [5.74, 6) is 0.400. The number of rotatable bonds is 5. The highest BCUT2D eigenvalue weighted by atomic mass is 28.1. The molecule has 3 radical (unpaired) electrons. The summed E-state index contributed by atoms with van der Waals surface area (Å²) in [5, 5.41) is 0. The summed E-state index contributed by atoms with van der Waals surface area (Å²) in [6.07, 6.45) is 0.990. The molecular formula is C21H22F3OSi. The van der Waals surface area contributed by atoms with Gasteiger partial charge in [-0.2, -0.15) is 8.78 Å². The van der Waals surface area contributed by atoms with Crippen LogP contribution in [0.1, 0.15) is 48.3 Å². The van der Waals surface area contributed by atoms with Crippen LogP contribution in [0.5, 0.6) is 5.75 Å². The third kappa shape index (κ3) is 4.31. The van der Waals surface area contributed by atoms with Crippen LogP contribution in [0, 0.1) is 18.7 Å². The lowest BCUT2D eigenvalue weighted by atomic mass is 9.79. The lowest BCUT2D eigenvalue weighted by Crippen LogP contribution is -2.22.